The van der Waals surface area contributed by atoms with Crippen molar-refractivity contribution in [3.63, 3.8) is 0 Å². The number of carbonyl (C=O) groups is 1. The second-order valence-corrected chi connectivity index (χ2v) is 8.68. The van der Waals surface area contributed by atoms with Crippen molar-refractivity contribution < 1.29 is 18.3 Å². The summed E-state index contributed by atoms with van der Waals surface area (Å²) in [5, 5.41) is 5.05. The first-order valence-corrected chi connectivity index (χ1v) is 11.2. The van der Waals surface area contributed by atoms with Gasteiger partial charge in [0.05, 0.1) is 23.1 Å². The highest BCUT2D eigenvalue weighted by Gasteiger charge is 2.23. The van der Waals surface area contributed by atoms with Crippen molar-refractivity contribution in [2.24, 2.45) is 0 Å². The van der Waals surface area contributed by atoms with Crippen molar-refractivity contribution in [3.8, 4) is 11.4 Å². The molecule has 5 rings (SSSR count). The molecule has 1 saturated heterocycles. The van der Waals surface area contributed by atoms with Crippen LogP contribution < -0.4 is 4.74 Å². The van der Waals surface area contributed by atoms with E-state index < -0.39 is 11.6 Å². The maximum Gasteiger partial charge on any atom is 0.222 e. The lowest BCUT2D eigenvalue weighted by molar-refractivity contribution is -0.128. The number of carbonyl (C=O) groups excluding carboxylic acids is 1. The second-order valence-electron chi connectivity index (χ2n) is 8.27. The maximum atomic E-state index is 14.1. The van der Waals surface area contributed by atoms with Gasteiger partial charge in [0, 0.05) is 36.2 Å². The third kappa shape index (κ3) is 4.33. The number of rotatable bonds is 6. The van der Waals surface area contributed by atoms with E-state index in [2.05, 4.69) is 10.1 Å². The highest BCUT2D eigenvalue weighted by Crippen LogP contribution is 2.31. The molecule has 3 heterocycles. The van der Waals surface area contributed by atoms with Gasteiger partial charge in [0.15, 0.2) is 5.82 Å². The lowest BCUT2D eigenvalue weighted by atomic mass is 10.1. The topological polar surface area (TPSA) is 60.2 Å². The Morgan fingerprint density at radius 2 is 2.03 bits per heavy atom. The fourth-order valence-electron chi connectivity index (χ4n) is 4.25. The Bertz CT molecular complexity index is 1410. The number of ether oxygens (including phenoxy) is 1. The molecule has 0 atom stereocenters. The summed E-state index contributed by atoms with van der Waals surface area (Å²) in [6.07, 6.45) is 3.73. The molecule has 1 aliphatic heterocycles. The summed E-state index contributed by atoms with van der Waals surface area (Å²) in [6.45, 7) is 2.81. The highest BCUT2D eigenvalue weighted by atomic mass is 35.5. The number of para-hydroxylation sites is 1. The zero-order valence-corrected chi connectivity index (χ0v) is 19.1. The number of hydrogen-bond donors (Lipinski definition) is 0. The van der Waals surface area contributed by atoms with E-state index in [0.29, 0.717) is 46.7 Å². The molecule has 0 bridgehead atoms. The largest absolute Gasteiger partial charge is 0.487 e. The van der Waals surface area contributed by atoms with Crippen molar-refractivity contribution in [2.75, 3.05) is 6.54 Å². The summed E-state index contributed by atoms with van der Waals surface area (Å²) >= 11 is 6.39. The zero-order valence-electron chi connectivity index (χ0n) is 18.4. The summed E-state index contributed by atoms with van der Waals surface area (Å²) < 4.78 is 35.3. The van der Waals surface area contributed by atoms with E-state index >= 15 is 0 Å². The van der Waals surface area contributed by atoms with E-state index in [4.69, 9.17) is 16.3 Å². The van der Waals surface area contributed by atoms with Gasteiger partial charge in [-0.1, -0.05) is 23.7 Å². The third-order valence-corrected chi connectivity index (χ3v) is 6.20. The Hall–Kier alpha value is -3.52. The predicted octanol–water partition coefficient (Wildman–Crippen LogP) is 5.36. The van der Waals surface area contributed by atoms with Crippen LogP contribution in [0.25, 0.3) is 16.6 Å². The SMILES string of the molecule is Cc1cc(-n2cc(F)cn2)c2cccc(OCc3c(Cl)cc(F)cc3CN3CCCC3=O)c2n1. The van der Waals surface area contributed by atoms with Crippen LogP contribution in [0.15, 0.2) is 48.8 Å². The molecule has 0 unspecified atom stereocenters. The molecule has 0 aliphatic carbocycles. The minimum absolute atomic E-state index is 0.0450. The first-order valence-electron chi connectivity index (χ1n) is 10.9. The summed E-state index contributed by atoms with van der Waals surface area (Å²) in [5.74, 6) is -0.360. The fourth-order valence-corrected chi connectivity index (χ4v) is 4.53. The molecular formula is C25H21ClF2N4O2. The predicted molar refractivity (Wildman–Crippen MR) is 124 cm³/mol. The van der Waals surface area contributed by atoms with Gasteiger partial charge in [0.2, 0.25) is 5.91 Å². The normalized spacial score (nSPS) is 13.8. The average molecular weight is 483 g/mol. The van der Waals surface area contributed by atoms with E-state index in [1.165, 1.54) is 23.0 Å². The quantitative estimate of drug-likeness (QED) is 0.371. The van der Waals surface area contributed by atoms with E-state index in [1.54, 1.807) is 11.0 Å². The average Bonchev–Trinajstić information content (AvgIpc) is 3.40. The van der Waals surface area contributed by atoms with Crippen LogP contribution in [-0.2, 0) is 17.9 Å². The Morgan fingerprint density at radius 3 is 2.76 bits per heavy atom. The second kappa shape index (κ2) is 9.02. The first kappa shape index (κ1) is 22.3. The summed E-state index contributed by atoms with van der Waals surface area (Å²) in [7, 11) is 0. The van der Waals surface area contributed by atoms with Gasteiger partial charge in [-0.3, -0.25) is 4.79 Å². The molecule has 0 saturated carbocycles. The monoisotopic (exact) mass is 482 g/mol. The first-order chi connectivity index (χ1) is 16.4. The Balaban J connectivity index is 1.49. The summed E-state index contributed by atoms with van der Waals surface area (Å²) in [6, 6.07) is 9.91. The van der Waals surface area contributed by atoms with Gasteiger partial charge in [0.1, 0.15) is 23.7 Å². The molecule has 0 radical (unpaired) electrons. The van der Waals surface area contributed by atoms with Gasteiger partial charge in [-0.25, -0.2) is 18.4 Å². The molecular weight excluding hydrogens is 462 g/mol. The fraction of sp³-hybridized carbons (Fsp3) is 0.240. The molecule has 1 aliphatic rings. The number of aromatic nitrogens is 3. The Morgan fingerprint density at radius 1 is 1.18 bits per heavy atom. The standard InChI is InChI=1S/C25H21ClF2N4O2/c1-15-8-22(32-13-18(28)11-29-32)19-4-2-5-23(25(19)30-15)34-14-20-16(9-17(27)10-21(20)26)12-31-7-3-6-24(31)33/h2,4-5,8-11,13H,3,6-7,12,14H2,1H3. The number of amides is 1. The highest BCUT2D eigenvalue weighted by molar-refractivity contribution is 6.31. The van der Waals surface area contributed by atoms with Crippen molar-refractivity contribution in [2.45, 2.75) is 32.9 Å². The molecule has 174 valence electrons. The molecule has 0 N–H and O–H groups in total. The van der Waals surface area contributed by atoms with Crippen molar-refractivity contribution >= 4 is 28.4 Å². The molecule has 2 aromatic carbocycles. The van der Waals surface area contributed by atoms with Crippen molar-refractivity contribution in [1.29, 1.82) is 0 Å². The number of nitrogens with zero attached hydrogens (tertiary/aromatic N) is 4. The van der Waals surface area contributed by atoms with Gasteiger partial charge < -0.3 is 9.64 Å². The lowest BCUT2D eigenvalue weighted by Crippen LogP contribution is -2.24. The molecule has 4 aromatic rings. The van der Waals surface area contributed by atoms with E-state index in [9.17, 15) is 13.6 Å². The van der Waals surface area contributed by atoms with E-state index in [1.807, 2.05) is 25.1 Å². The van der Waals surface area contributed by atoms with Gasteiger partial charge in [-0.05, 0) is 43.2 Å². The molecule has 34 heavy (non-hydrogen) atoms. The minimum Gasteiger partial charge on any atom is -0.487 e. The smallest absolute Gasteiger partial charge is 0.222 e. The van der Waals surface area contributed by atoms with Crippen LogP contribution in [0.5, 0.6) is 5.75 Å². The van der Waals surface area contributed by atoms with Crippen LogP contribution in [0.4, 0.5) is 8.78 Å². The van der Waals surface area contributed by atoms with Crippen LogP contribution in [0.2, 0.25) is 5.02 Å². The van der Waals surface area contributed by atoms with Crippen LogP contribution in [0.1, 0.15) is 29.7 Å². The summed E-state index contributed by atoms with van der Waals surface area (Å²) in [5.41, 5.74) is 3.19. The Labute approximate surface area is 199 Å². The summed E-state index contributed by atoms with van der Waals surface area (Å²) in [4.78, 5) is 18.4. The lowest BCUT2D eigenvalue weighted by Gasteiger charge is -2.20. The molecule has 6 nitrogen and oxygen atoms in total. The molecule has 1 amide bonds. The molecule has 1 fully saturated rings. The number of pyridine rings is 1. The number of aryl methyl sites for hydroxylation is 1. The zero-order chi connectivity index (χ0) is 23.8. The van der Waals surface area contributed by atoms with Gasteiger partial charge in [-0.15, -0.1) is 0 Å². The molecule has 0 spiro atoms. The number of hydrogen-bond acceptors (Lipinski definition) is 4. The number of fused-ring (bicyclic) bond motifs is 1. The number of benzene rings is 2. The van der Waals surface area contributed by atoms with Crippen LogP contribution >= 0.6 is 11.6 Å². The van der Waals surface area contributed by atoms with Crippen molar-refractivity contribution in [1.82, 2.24) is 19.7 Å². The van der Waals surface area contributed by atoms with E-state index in [0.717, 1.165) is 18.0 Å². The van der Waals surface area contributed by atoms with Crippen LogP contribution in [-0.4, -0.2) is 32.1 Å². The van der Waals surface area contributed by atoms with Gasteiger partial charge in [0.25, 0.3) is 0 Å². The third-order valence-electron chi connectivity index (χ3n) is 5.86. The van der Waals surface area contributed by atoms with E-state index in [-0.39, 0.29) is 24.1 Å². The minimum atomic E-state index is -0.464. The van der Waals surface area contributed by atoms with Gasteiger partial charge in [-0.2, -0.15) is 5.10 Å². The number of likely N-dealkylation sites (tertiary alicyclic amines) is 1. The molecule has 2 aromatic heterocycles. The van der Waals surface area contributed by atoms with Crippen molar-refractivity contribution in [3.05, 3.63) is 82.3 Å². The molecule has 9 heteroatoms. The van der Waals surface area contributed by atoms with Gasteiger partial charge >= 0.3 is 0 Å². The maximum absolute atomic E-state index is 14.1. The number of halogens is 3. The van der Waals surface area contributed by atoms with Crippen LogP contribution in [0, 0.1) is 18.6 Å². The van der Waals surface area contributed by atoms with Crippen LogP contribution in [0.3, 0.4) is 0 Å². The Kier molecular flexibility index (Phi) is 5.91.